The van der Waals surface area contributed by atoms with Gasteiger partial charge in [-0.2, -0.15) is 0 Å². The van der Waals surface area contributed by atoms with Crippen LogP contribution in [0.2, 0.25) is 0 Å². The van der Waals surface area contributed by atoms with E-state index in [2.05, 4.69) is 10.3 Å². The van der Waals surface area contributed by atoms with Gasteiger partial charge in [-0.15, -0.1) is 5.10 Å². The summed E-state index contributed by atoms with van der Waals surface area (Å²) in [4.78, 5) is 26.0. The number of amides is 1. The van der Waals surface area contributed by atoms with Gasteiger partial charge >= 0.3 is 5.97 Å². The molecule has 2 saturated carbocycles. The van der Waals surface area contributed by atoms with Crippen molar-refractivity contribution in [2.75, 3.05) is 0 Å². The topological polar surface area (TPSA) is 88.3 Å². The highest BCUT2D eigenvalue weighted by atomic mass is 16.4. The highest BCUT2D eigenvalue weighted by Gasteiger charge is 2.47. The van der Waals surface area contributed by atoms with Gasteiger partial charge in [0.05, 0.1) is 5.69 Å². The smallest absolute Gasteiger partial charge is 0.326 e. The fourth-order valence-corrected chi connectivity index (χ4v) is 4.22. The number of carbonyl (C=O) groups is 2. The number of fused-ring (bicyclic) bond motifs is 1. The van der Waals surface area contributed by atoms with Crippen LogP contribution in [0.5, 0.6) is 0 Å². The molecule has 0 radical (unpaired) electrons. The summed E-state index contributed by atoms with van der Waals surface area (Å²) in [6, 6.07) is -0.592. The molecule has 0 bridgehead atoms. The van der Waals surface area contributed by atoms with Crippen LogP contribution in [0.4, 0.5) is 0 Å². The number of aromatic nitrogens is 3. The summed E-state index contributed by atoms with van der Waals surface area (Å²) in [5, 5.41) is 17.7. The van der Waals surface area contributed by atoms with Crippen LogP contribution < -0.4 is 0 Å². The van der Waals surface area contributed by atoms with Crippen molar-refractivity contribution in [3.8, 4) is 0 Å². The van der Waals surface area contributed by atoms with E-state index in [9.17, 15) is 14.7 Å². The van der Waals surface area contributed by atoms with E-state index >= 15 is 0 Å². The molecule has 2 aliphatic carbocycles. The number of hydrogen-bond donors (Lipinski definition) is 1. The molecular weight excluding hydrogens is 296 g/mol. The second-order valence-corrected chi connectivity index (χ2v) is 7.12. The molecule has 3 unspecified atom stereocenters. The fourth-order valence-electron chi connectivity index (χ4n) is 4.22. The molecule has 1 aromatic rings. The average molecular weight is 318 g/mol. The molecule has 1 aliphatic heterocycles. The number of carbonyl (C=O) groups excluding carboxylic acids is 1. The largest absolute Gasteiger partial charge is 0.480 e. The highest BCUT2D eigenvalue weighted by molar-refractivity contribution is 5.84. The highest BCUT2D eigenvalue weighted by Crippen LogP contribution is 2.40. The normalized spacial score (nSPS) is 30.3. The van der Waals surface area contributed by atoms with Gasteiger partial charge in [0.25, 0.3) is 0 Å². The monoisotopic (exact) mass is 318 g/mol. The summed E-state index contributed by atoms with van der Waals surface area (Å²) >= 11 is 0. The lowest BCUT2D eigenvalue weighted by Crippen LogP contribution is -2.47. The molecule has 7 heteroatoms. The van der Waals surface area contributed by atoms with Crippen LogP contribution in [0, 0.1) is 5.92 Å². The molecule has 1 N–H and O–H groups in total. The Bertz CT molecular complexity index is 625. The molecule has 2 heterocycles. The van der Waals surface area contributed by atoms with Crippen molar-refractivity contribution < 1.29 is 14.7 Å². The van der Waals surface area contributed by atoms with Gasteiger partial charge in [-0.3, -0.25) is 4.79 Å². The number of nitrogens with zero attached hydrogens (tertiary/aromatic N) is 4. The van der Waals surface area contributed by atoms with Crippen LogP contribution in [0.3, 0.4) is 0 Å². The zero-order valence-electron chi connectivity index (χ0n) is 13.1. The molecule has 124 valence electrons. The van der Waals surface area contributed by atoms with Crippen molar-refractivity contribution >= 4 is 11.9 Å². The third-order valence-electron chi connectivity index (χ3n) is 5.51. The van der Waals surface area contributed by atoms with E-state index in [1.165, 1.54) is 0 Å². The predicted molar refractivity (Wildman–Crippen MR) is 80.6 cm³/mol. The Morgan fingerprint density at radius 2 is 2.00 bits per heavy atom. The SMILES string of the molecule is O=C(O)C1CC2CCCCC2N1C(=O)Cn1cc(C2CC2)nn1. The Kier molecular flexibility index (Phi) is 3.58. The molecule has 3 atom stereocenters. The number of carboxylic acid groups (broad SMARTS) is 1. The first-order valence-corrected chi connectivity index (χ1v) is 8.57. The Morgan fingerprint density at radius 3 is 2.74 bits per heavy atom. The molecule has 3 aliphatic rings. The van der Waals surface area contributed by atoms with Crippen LogP contribution in [0.1, 0.15) is 56.6 Å². The maximum absolute atomic E-state index is 12.8. The van der Waals surface area contributed by atoms with Crippen LogP contribution in [-0.4, -0.2) is 49.0 Å². The molecule has 7 nitrogen and oxygen atoms in total. The first-order chi connectivity index (χ1) is 11.1. The Labute approximate surface area is 134 Å². The third kappa shape index (κ3) is 2.72. The molecule has 1 amide bonds. The predicted octanol–water partition coefficient (Wildman–Crippen LogP) is 1.40. The molecule has 3 fully saturated rings. The van der Waals surface area contributed by atoms with Crippen molar-refractivity contribution in [1.82, 2.24) is 19.9 Å². The minimum absolute atomic E-state index is 0.0868. The first-order valence-electron chi connectivity index (χ1n) is 8.57. The standard InChI is InChI=1S/C16H22N4O3/c21-15(9-19-8-12(17-18-19)10-5-6-10)20-13-4-2-1-3-11(13)7-14(20)16(22)23/h8,10-11,13-14H,1-7,9H2,(H,22,23). The van der Waals surface area contributed by atoms with Gasteiger partial charge in [-0.1, -0.05) is 18.1 Å². The van der Waals surface area contributed by atoms with Crippen molar-refractivity contribution in [3.05, 3.63) is 11.9 Å². The number of aliphatic carboxylic acids is 1. The van der Waals surface area contributed by atoms with E-state index in [0.717, 1.165) is 44.2 Å². The summed E-state index contributed by atoms with van der Waals surface area (Å²) in [5.74, 6) is -0.184. The summed E-state index contributed by atoms with van der Waals surface area (Å²) in [6.45, 7) is 0.0900. The number of likely N-dealkylation sites (tertiary alicyclic amines) is 1. The van der Waals surface area contributed by atoms with E-state index in [1.54, 1.807) is 9.58 Å². The van der Waals surface area contributed by atoms with Gasteiger partial charge in [0, 0.05) is 18.2 Å². The van der Waals surface area contributed by atoms with Gasteiger partial charge in [-0.05, 0) is 38.0 Å². The zero-order chi connectivity index (χ0) is 16.0. The van der Waals surface area contributed by atoms with E-state index in [-0.39, 0.29) is 18.5 Å². The minimum atomic E-state index is -0.884. The quantitative estimate of drug-likeness (QED) is 0.906. The van der Waals surface area contributed by atoms with Crippen LogP contribution in [-0.2, 0) is 16.1 Å². The zero-order valence-corrected chi connectivity index (χ0v) is 13.1. The van der Waals surface area contributed by atoms with Crippen LogP contribution in [0.15, 0.2) is 6.20 Å². The van der Waals surface area contributed by atoms with Crippen molar-refractivity contribution in [1.29, 1.82) is 0 Å². The van der Waals surface area contributed by atoms with Gasteiger partial charge < -0.3 is 10.0 Å². The van der Waals surface area contributed by atoms with Crippen molar-refractivity contribution in [3.63, 3.8) is 0 Å². The number of carboxylic acids is 1. The van der Waals surface area contributed by atoms with E-state index in [4.69, 9.17) is 0 Å². The van der Waals surface area contributed by atoms with Gasteiger partial charge in [0.1, 0.15) is 12.6 Å². The molecule has 1 saturated heterocycles. The summed E-state index contributed by atoms with van der Waals surface area (Å²) in [7, 11) is 0. The van der Waals surface area contributed by atoms with Crippen molar-refractivity contribution in [2.45, 2.75) is 69.5 Å². The second-order valence-electron chi connectivity index (χ2n) is 7.12. The molecule has 1 aromatic heterocycles. The number of hydrogen-bond acceptors (Lipinski definition) is 4. The molecule has 23 heavy (non-hydrogen) atoms. The molecule has 0 aromatic carbocycles. The van der Waals surface area contributed by atoms with Gasteiger partial charge in [0.15, 0.2) is 0 Å². The minimum Gasteiger partial charge on any atom is -0.480 e. The maximum Gasteiger partial charge on any atom is 0.326 e. The molecule has 4 rings (SSSR count). The maximum atomic E-state index is 12.8. The van der Waals surface area contributed by atoms with Crippen LogP contribution >= 0.6 is 0 Å². The van der Waals surface area contributed by atoms with Gasteiger partial charge in [0.2, 0.25) is 5.91 Å². The Morgan fingerprint density at radius 1 is 1.22 bits per heavy atom. The summed E-state index contributed by atoms with van der Waals surface area (Å²) < 4.78 is 1.56. The molecular formula is C16H22N4O3. The van der Waals surface area contributed by atoms with Crippen LogP contribution in [0.25, 0.3) is 0 Å². The average Bonchev–Trinajstić information content (AvgIpc) is 3.15. The lowest BCUT2D eigenvalue weighted by atomic mass is 9.85. The first kappa shape index (κ1) is 14.7. The van der Waals surface area contributed by atoms with Crippen molar-refractivity contribution in [2.24, 2.45) is 5.92 Å². The lowest BCUT2D eigenvalue weighted by Gasteiger charge is -2.32. The summed E-state index contributed by atoms with van der Waals surface area (Å²) in [6.07, 6.45) is 8.89. The lowest BCUT2D eigenvalue weighted by molar-refractivity contribution is -0.150. The Hall–Kier alpha value is -1.92. The fraction of sp³-hybridized carbons (Fsp3) is 0.750. The van der Waals surface area contributed by atoms with E-state index in [1.807, 2.05) is 6.20 Å². The van der Waals surface area contributed by atoms with E-state index < -0.39 is 12.0 Å². The number of rotatable bonds is 4. The van der Waals surface area contributed by atoms with Gasteiger partial charge in [-0.25, -0.2) is 9.48 Å². The Balaban J connectivity index is 1.50. The second kappa shape index (κ2) is 5.62. The third-order valence-corrected chi connectivity index (χ3v) is 5.51. The molecule has 0 spiro atoms. The summed E-state index contributed by atoms with van der Waals surface area (Å²) in [5.41, 5.74) is 0.949. The van der Waals surface area contributed by atoms with E-state index in [0.29, 0.717) is 18.3 Å².